The molecule has 0 radical (unpaired) electrons. The molecule has 0 saturated heterocycles. The Labute approximate surface area is 127 Å². The second-order valence-electron chi connectivity index (χ2n) is 7.48. The van der Waals surface area contributed by atoms with Gasteiger partial charge in [-0.1, -0.05) is 34.6 Å². The maximum Gasteiger partial charge on any atom is 0.128 e. The van der Waals surface area contributed by atoms with Crippen LogP contribution in [0.5, 0.6) is 0 Å². The molecule has 118 valence electrons. The van der Waals surface area contributed by atoms with Crippen molar-refractivity contribution in [3.63, 3.8) is 0 Å². The number of hydrogen-bond donors (Lipinski definition) is 1. The number of hydrogen-bond acceptors (Lipinski definition) is 1. The van der Waals surface area contributed by atoms with Crippen LogP contribution in [0, 0.1) is 35.3 Å². The zero-order valence-electron chi connectivity index (χ0n) is 14.0. The van der Waals surface area contributed by atoms with Crippen LogP contribution in [0.2, 0.25) is 0 Å². The van der Waals surface area contributed by atoms with Crippen LogP contribution in [0.4, 0.5) is 8.78 Å². The van der Waals surface area contributed by atoms with Crippen LogP contribution in [0.25, 0.3) is 0 Å². The molecule has 1 atom stereocenters. The molecule has 0 spiro atoms. The molecular formula is C18H27F2N. The second kappa shape index (κ2) is 5.35. The van der Waals surface area contributed by atoms with Gasteiger partial charge in [0, 0.05) is 11.6 Å². The molecule has 21 heavy (non-hydrogen) atoms. The van der Waals surface area contributed by atoms with E-state index < -0.39 is 0 Å². The fourth-order valence-electron chi connectivity index (χ4n) is 3.69. The fourth-order valence-corrected chi connectivity index (χ4v) is 3.69. The molecule has 1 aromatic rings. The van der Waals surface area contributed by atoms with Crippen LogP contribution in [-0.4, -0.2) is 6.54 Å². The molecule has 0 aliphatic heterocycles. The van der Waals surface area contributed by atoms with Crippen LogP contribution in [0.3, 0.4) is 0 Å². The third-order valence-electron chi connectivity index (χ3n) is 5.69. The van der Waals surface area contributed by atoms with E-state index in [0.29, 0.717) is 17.0 Å². The highest BCUT2D eigenvalue weighted by atomic mass is 19.1. The molecule has 1 unspecified atom stereocenters. The molecule has 1 aliphatic rings. The Kier molecular flexibility index (Phi) is 4.18. The van der Waals surface area contributed by atoms with Gasteiger partial charge in [-0.05, 0) is 54.3 Å². The van der Waals surface area contributed by atoms with Crippen molar-refractivity contribution in [3.05, 3.63) is 34.9 Å². The SMILES string of the molecule is CCCNC(c1cc(F)c(C)cc1F)C1C(C)(C)C1(C)C. The van der Waals surface area contributed by atoms with E-state index in [1.54, 1.807) is 6.92 Å². The maximum atomic E-state index is 14.4. The van der Waals surface area contributed by atoms with E-state index >= 15 is 0 Å². The van der Waals surface area contributed by atoms with Gasteiger partial charge in [0.15, 0.2) is 0 Å². The van der Waals surface area contributed by atoms with Crippen molar-refractivity contribution < 1.29 is 8.78 Å². The molecular weight excluding hydrogens is 268 g/mol. The molecule has 0 heterocycles. The predicted octanol–water partition coefficient (Wildman–Crippen LogP) is 5.00. The zero-order valence-corrected chi connectivity index (χ0v) is 14.0. The number of nitrogens with one attached hydrogen (secondary N) is 1. The highest BCUT2D eigenvalue weighted by Gasteiger charge is 2.67. The van der Waals surface area contributed by atoms with Crippen LogP contribution in [-0.2, 0) is 0 Å². The molecule has 1 saturated carbocycles. The smallest absolute Gasteiger partial charge is 0.128 e. The second-order valence-corrected chi connectivity index (χ2v) is 7.48. The Bertz CT molecular complexity index is 520. The van der Waals surface area contributed by atoms with Crippen molar-refractivity contribution in [2.75, 3.05) is 6.54 Å². The van der Waals surface area contributed by atoms with Crippen molar-refractivity contribution in [1.82, 2.24) is 5.32 Å². The van der Waals surface area contributed by atoms with Gasteiger partial charge in [0.25, 0.3) is 0 Å². The highest BCUT2D eigenvalue weighted by Crippen LogP contribution is 2.72. The minimum atomic E-state index is -0.328. The molecule has 3 heteroatoms. The molecule has 0 amide bonds. The summed E-state index contributed by atoms with van der Waals surface area (Å²) in [6, 6.07) is 2.56. The van der Waals surface area contributed by atoms with Gasteiger partial charge in [0.05, 0.1) is 0 Å². The van der Waals surface area contributed by atoms with Crippen LogP contribution in [0.1, 0.15) is 58.2 Å². The first kappa shape index (κ1) is 16.4. The summed E-state index contributed by atoms with van der Waals surface area (Å²) in [5, 5.41) is 3.44. The van der Waals surface area contributed by atoms with Gasteiger partial charge < -0.3 is 5.32 Å². The number of benzene rings is 1. The number of halogens is 2. The first-order chi connectivity index (χ1) is 9.64. The van der Waals surface area contributed by atoms with Gasteiger partial charge in [0.1, 0.15) is 11.6 Å². The molecule has 1 nitrogen and oxygen atoms in total. The molecule has 0 aromatic heterocycles. The topological polar surface area (TPSA) is 12.0 Å². The van der Waals surface area contributed by atoms with Crippen molar-refractivity contribution >= 4 is 0 Å². The number of aryl methyl sites for hydroxylation is 1. The van der Waals surface area contributed by atoms with E-state index in [4.69, 9.17) is 0 Å². The Hall–Kier alpha value is -0.960. The molecule has 1 aromatic carbocycles. The van der Waals surface area contributed by atoms with E-state index in [-0.39, 0.29) is 28.5 Å². The summed E-state index contributed by atoms with van der Waals surface area (Å²) >= 11 is 0. The van der Waals surface area contributed by atoms with Crippen molar-refractivity contribution in [1.29, 1.82) is 0 Å². The minimum Gasteiger partial charge on any atom is -0.310 e. The lowest BCUT2D eigenvalue weighted by Crippen LogP contribution is -2.27. The first-order valence-corrected chi connectivity index (χ1v) is 7.83. The Balaban J connectivity index is 2.41. The van der Waals surface area contributed by atoms with Crippen molar-refractivity contribution in [2.24, 2.45) is 16.7 Å². The third kappa shape index (κ3) is 2.61. The minimum absolute atomic E-state index is 0.117. The average Bonchev–Trinajstić information content (AvgIpc) is 2.78. The van der Waals surface area contributed by atoms with Crippen LogP contribution < -0.4 is 5.32 Å². The summed E-state index contributed by atoms with van der Waals surface area (Å²) in [4.78, 5) is 0. The Morgan fingerprint density at radius 3 is 2.14 bits per heavy atom. The lowest BCUT2D eigenvalue weighted by molar-refractivity contribution is 0.394. The summed E-state index contributed by atoms with van der Waals surface area (Å²) in [6.45, 7) is 13.3. The van der Waals surface area contributed by atoms with Gasteiger partial charge in [-0.25, -0.2) is 8.78 Å². The molecule has 1 fully saturated rings. The van der Waals surface area contributed by atoms with Gasteiger partial charge in [-0.15, -0.1) is 0 Å². The normalized spacial score (nSPS) is 21.3. The van der Waals surface area contributed by atoms with Crippen molar-refractivity contribution in [2.45, 2.75) is 54.0 Å². The monoisotopic (exact) mass is 295 g/mol. The summed E-state index contributed by atoms with van der Waals surface area (Å²) in [5.74, 6) is -0.333. The first-order valence-electron chi connectivity index (χ1n) is 7.83. The van der Waals surface area contributed by atoms with Crippen LogP contribution >= 0.6 is 0 Å². The van der Waals surface area contributed by atoms with E-state index in [1.165, 1.54) is 12.1 Å². The molecule has 1 aliphatic carbocycles. The van der Waals surface area contributed by atoms with E-state index in [9.17, 15) is 8.78 Å². The summed E-state index contributed by atoms with van der Waals surface area (Å²) < 4.78 is 28.3. The van der Waals surface area contributed by atoms with E-state index in [2.05, 4.69) is 39.9 Å². The molecule has 0 bridgehead atoms. The fraction of sp³-hybridized carbons (Fsp3) is 0.667. The Morgan fingerprint density at radius 2 is 1.67 bits per heavy atom. The van der Waals surface area contributed by atoms with Gasteiger partial charge in [-0.3, -0.25) is 0 Å². The molecule has 1 N–H and O–H groups in total. The summed E-state index contributed by atoms with van der Waals surface area (Å²) in [7, 11) is 0. The van der Waals surface area contributed by atoms with Gasteiger partial charge in [-0.2, -0.15) is 0 Å². The predicted molar refractivity (Wildman–Crippen MR) is 83.2 cm³/mol. The van der Waals surface area contributed by atoms with Gasteiger partial charge >= 0.3 is 0 Å². The van der Waals surface area contributed by atoms with Gasteiger partial charge in [0.2, 0.25) is 0 Å². The lowest BCUT2D eigenvalue weighted by atomic mass is 9.94. The lowest BCUT2D eigenvalue weighted by Gasteiger charge is -2.22. The van der Waals surface area contributed by atoms with Crippen LogP contribution in [0.15, 0.2) is 12.1 Å². The van der Waals surface area contributed by atoms with Crippen molar-refractivity contribution in [3.8, 4) is 0 Å². The summed E-state index contributed by atoms with van der Waals surface area (Å²) in [5.41, 5.74) is 1.06. The Morgan fingerprint density at radius 1 is 1.10 bits per heavy atom. The molecule has 2 rings (SSSR count). The van der Waals surface area contributed by atoms with E-state index in [0.717, 1.165) is 13.0 Å². The summed E-state index contributed by atoms with van der Waals surface area (Å²) in [6.07, 6.45) is 0.972. The highest BCUT2D eigenvalue weighted by molar-refractivity contribution is 5.32. The number of rotatable bonds is 5. The maximum absolute atomic E-state index is 14.4. The average molecular weight is 295 g/mol. The zero-order chi connectivity index (χ0) is 16.0. The standard InChI is InChI=1S/C18H27F2N/c1-7-8-21-15(16-17(3,4)18(16,5)6)12-10-13(19)11(2)9-14(12)20/h9-10,15-16,21H,7-8H2,1-6H3. The quantitative estimate of drug-likeness (QED) is 0.806. The largest absolute Gasteiger partial charge is 0.310 e. The third-order valence-corrected chi connectivity index (χ3v) is 5.69. The van der Waals surface area contributed by atoms with E-state index in [1.807, 2.05) is 0 Å².